The maximum Gasteiger partial charge on any atom is 0.573 e. The van der Waals surface area contributed by atoms with Gasteiger partial charge in [-0.2, -0.15) is 0 Å². The third-order valence-electron chi connectivity index (χ3n) is 10.9. The van der Waals surface area contributed by atoms with Gasteiger partial charge >= 0.3 is 18.5 Å². The van der Waals surface area contributed by atoms with Crippen LogP contribution in [0.3, 0.4) is 0 Å². The van der Waals surface area contributed by atoms with E-state index < -0.39 is 30.3 Å². The smallest absolute Gasteiger partial charge is 0.453 e. The minimum absolute atomic E-state index is 0.00803. The molecule has 3 aromatic rings. The standard InChI is InChI=1S/C39H50ClF3N8O5/c1-22(2)34(48-38(54)55-5)36(52)51-21-23(3)16-32(51)35-45-20-31(46-35)26-8-6-25(7-9-26)28-17-29(40)30(18-33(28)56-39(41,42)43)47-37(53)49-13-10-27(11-14-49)50-15-12-44-19-24(50)4/h6-9,17-18,20,22-24,27,32,34,44H,10-16,19,21H2,1-5H3,(H,45,46)(H,47,53)(H,48,54)/t23-,24?,32-,34-/m0/s1. The van der Waals surface area contributed by atoms with Crippen LogP contribution in [0.4, 0.5) is 28.4 Å². The Morgan fingerprint density at radius 2 is 1.73 bits per heavy atom. The van der Waals surface area contributed by atoms with Gasteiger partial charge in [-0.25, -0.2) is 14.6 Å². The molecule has 0 spiro atoms. The molecule has 17 heteroatoms. The molecule has 3 aliphatic heterocycles. The summed E-state index contributed by atoms with van der Waals surface area (Å²) >= 11 is 6.60. The summed E-state index contributed by atoms with van der Waals surface area (Å²) < 4.78 is 50.3. The van der Waals surface area contributed by atoms with Gasteiger partial charge in [-0.15, -0.1) is 13.2 Å². The third-order valence-corrected chi connectivity index (χ3v) is 11.2. The van der Waals surface area contributed by atoms with Gasteiger partial charge in [0.25, 0.3) is 0 Å². The van der Waals surface area contributed by atoms with E-state index in [1.165, 1.54) is 13.2 Å². The lowest BCUT2D eigenvalue weighted by molar-refractivity contribution is -0.274. The molecule has 304 valence electrons. The maximum absolute atomic E-state index is 13.7. The van der Waals surface area contributed by atoms with Gasteiger partial charge in [-0.1, -0.05) is 56.6 Å². The number of carbonyl (C=O) groups excluding carboxylic acids is 3. The number of carbonyl (C=O) groups is 3. The highest BCUT2D eigenvalue weighted by atomic mass is 35.5. The Morgan fingerprint density at radius 3 is 2.38 bits per heavy atom. The van der Waals surface area contributed by atoms with Crippen molar-refractivity contribution >= 4 is 35.3 Å². The molecule has 0 saturated carbocycles. The first-order valence-corrected chi connectivity index (χ1v) is 19.4. The van der Waals surface area contributed by atoms with Crippen molar-refractivity contribution in [3.05, 3.63) is 53.4 Å². The molecule has 4 amide bonds. The number of imidazole rings is 1. The van der Waals surface area contributed by atoms with Crippen LogP contribution in [-0.4, -0.2) is 114 Å². The fourth-order valence-corrected chi connectivity index (χ4v) is 8.20. The van der Waals surface area contributed by atoms with E-state index >= 15 is 0 Å². The van der Waals surface area contributed by atoms with E-state index in [0.717, 1.165) is 38.5 Å². The number of alkyl halides is 3. The minimum Gasteiger partial charge on any atom is -0.453 e. The third kappa shape index (κ3) is 9.52. The Morgan fingerprint density at radius 1 is 1.04 bits per heavy atom. The number of methoxy groups -OCH3 is 1. The highest BCUT2D eigenvalue weighted by molar-refractivity contribution is 6.34. The average molecular weight is 803 g/mol. The number of hydrogen-bond acceptors (Lipinski definition) is 8. The summed E-state index contributed by atoms with van der Waals surface area (Å²) in [7, 11) is 1.25. The van der Waals surface area contributed by atoms with Crippen molar-refractivity contribution in [2.75, 3.05) is 51.7 Å². The van der Waals surface area contributed by atoms with Crippen molar-refractivity contribution in [3.63, 3.8) is 0 Å². The molecule has 1 unspecified atom stereocenters. The molecule has 1 aromatic heterocycles. The molecule has 2 aromatic carbocycles. The van der Waals surface area contributed by atoms with Gasteiger partial charge in [0.15, 0.2) is 0 Å². The van der Waals surface area contributed by atoms with Crippen LogP contribution in [0.5, 0.6) is 5.75 Å². The number of nitrogens with one attached hydrogen (secondary N) is 4. The number of H-pyrrole nitrogens is 1. The number of piperazine rings is 1. The molecule has 0 radical (unpaired) electrons. The van der Waals surface area contributed by atoms with Crippen molar-refractivity contribution in [3.8, 4) is 28.1 Å². The SMILES string of the molecule is COC(=O)N[C@H](C(=O)N1C[C@@H](C)C[C@H]1c1ncc(-c2ccc(-c3cc(Cl)c(NC(=O)N4CCC(N5CCNCC5C)CC4)cc3OC(F)(F)F)cc2)[nH]1)C(C)C. The summed E-state index contributed by atoms with van der Waals surface area (Å²) in [6, 6.07) is 8.40. The molecular weight excluding hydrogens is 753 g/mol. The zero-order valence-corrected chi connectivity index (χ0v) is 33.0. The Balaban J connectivity index is 1.16. The normalized spacial score (nSPS) is 21.6. The van der Waals surface area contributed by atoms with Crippen molar-refractivity contribution in [1.29, 1.82) is 0 Å². The molecule has 3 fully saturated rings. The topological polar surface area (TPSA) is 144 Å². The van der Waals surface area contributed by atoms with Gasteiger partial charge in [0.1, 0.15) is 17.6 Å². The number of aromatic nitrogens is 2. The van der Waals surface area contributed by atoms with Crippen LogP contribution in [0.1, 0.15) is 58.8 Å². The molecule has 4 atom stereocenters. The summed E-state index contributed by atoms with van der Waals surface area (Å²) in [5.74, 6) is -0.168. The number of nitrogens with zero attached hydrogens (tertiary/aromatic N) is 4. The number of benzene rings is 2. The first-order chi connectivity index (χ1) is 26.6. The first kappa shape index (κ1) is 41.1. The number of urea groups is 1. The number of ether oxygens (including phenoxy) is 2. The molecule has 13 nitrogen and oxygen atoms in total. The molecule has 56 heavy (non-hydrogen) atoms. The number of hydrogen-bond donors (Lipinski definition) is 4. The van der Waals surface area contributed by atoms with E-state index in [2.05, 4.69) is 42.5 Å². The van der Waals surface area contributed by atoms with Crippen molar-refractivity contribution < 1.29 is 37.0 Å². The predicted octanol–water partition coefficient (Wildman–Crippen LogP) is 6.88. The number of halogens is 4. The van der Waals surface area contributed by atoms with Crippen LogP contribution in [0, 0.1) is 11.8 Å². The lowest BCUT2D eigenvalue weighted by Gasteiger charge is -2.43. The van der Waals surface area contributed by atoms with Crippen molar-refractivity contribution in [1.82, 2.24) is 35.3 Å². The molecule has 4 N–H and O–H groups in total. The van der Waals surface area contributed by atoms with Crippen molar-refractivity contribution in [2.24, 2.45) is 11.8 Å². The summed E-state index contributed by atoms with van der Waals surface area (Å²) in [6.07, 6.45) is -1.78. The average Bonchev–Trinajstić information content (AvgIpc) is 3.81. The summed E-state index contributed by atoms with van der Waals surface area (Å²) in [4.78, 5) is 52.7. The number of aromatic amines is 1. The van der Waals surface area contributed by atoms with Crippen molar-refractivity contribution in [2.45, 2.75) is 77.5 Å². The van der Waals surface area contributed by atoms with Crippen LogP contribution < -0.4 is 20.7 Å². The van der Waals surface area contributed by atoms with Gasteiger partial charge in [0.05, 0.1) is 35.8 Å². The minimum atomic E-state index is -5.00. The molecule has 4 heterocycles. The second kappa shape index (κ2) is 17.3. The number of alkyl carbamates (subject to hydrolysis) is 1. The highest BCUT2D eigenvalue weighted by Gasteiger charge is 2.40. The maximum atomic E-state index is 13.7. The fourth-order valence-electron chi connectivity index (χ4n) is 7.99. The Labute approximate surface area is 329 Å². The highest BCUT2D eigenvalue weighted by Crippen LogP contribution is 2.41. The van der Waals surface area contributed by atoms with E-state index in [0.29, 0.717) is 60.8 Å². The van der Waals surface area contributed by atoms with E-state index in [9.17, 15) is 27.6 Å². The fraction of sp³-hybridized carbons (Fsp3) is 0.538. The van der Waals surface area contributed by atoms with Crippen LogP contribution in [0.2, 0.25) is 5.02 Å². The predicted molar refractivity (Wildman–Crippen MR) is 206 cm³/mol. The summed E-state index contributed by atoms with van der Waals surface area (Å²) in [5.41, 5.74) is 1.83. The molecule has 3 saturated heterocycles. The van der Waals surface area contributed by atoms with Crippen LogP contribution in [0.25, 0.3) is 22.4 Å². The number of amides is 4. The first-order valence-electron chi connectivity index (χ1n) is 19.0. The molecule has 6 rings (SSSR count). The Bertz CT molecular complexity index is 1870. The van der Waals surface area contributed by atoms with Crippen LogP contribution in [0.15, 0.2) is 42.6 Å². The van der Waals surface area contributed by atoms with Gasteiger partial charge in [-0.3, -0.25) is 9.69 Å². The zero-order valence-electron chi connectivity index (χ0n) is 32.2. The van der Waals surface area contributed by atoms with Gasteiger partial charge in [0, 0.05) is 63.0 Å². The zero-order chi connectivity index (χ0) is 40.3. The van der Waals surface area contributed by atoms with Crippen LogP contribution in [-0.2, 0) is 9.53 Å². The number of likely N-dealkylation sites (tertiary alicyclic amines) is 2. The second-order valence-electron chi connectivity index (χ2n) is 15.3. The molecule has 0 bridgehead atoms. The van der Waals surface area contributed by atoms with Gasteiger partial charge in [0.2, 0.25) is 5.91 Å². The second-order valence-corrected chi connectivity index (χ2v) is 15.7. The Hall–Kier alpha value is -4.54. The van der Waals surface area contributed by atoms with E-state index in [1.807, 2.05) is 20.8 Å². The largest absolute Gasteiger partial charge is 0.573 e. The quantitative estimate of drug-likeness (QED) is 0.184. The molecule has 3 aliphatic rings. The van der Waals surface area contributed by atoms with Gasteiger partial charge < -0.3 is 40.2 Å². The summed E-state index contributed by atoms with van der Waals surface area (Å²) in [6.45, 7) is 12.3. The lowest BCUT2D eigenvalue weighted by Crippen LogP contribution is -2.57. The Kier molecular flexibility index (Phi) is 12.7. The van der Waals surface area contributed by atoms with E-state index in [1.54, 1.807) is 40.3 Å². The number of rotatable bonds is 9. The number of piperidine rings is 1. The lowest BCUT2D eigenvalue weighted by atomic mass is 10.0. The van der Waals surface area contributed by atoms with E-state index in [4.69, 9.17) is 16.3 Å². The monoisotopic (exact) mass is 802 g/mol. The van der Waals surface area contributed by atoms with E-state index in [-0.39, 0.29) is 40.1 Å². The summed E-state index contributed by atoms with van der Waals surface area (Å²) in [5, 5.41) is 8.81. The number of anilines is 1. The van der Waals surface area contributed by atoms with Crippen LogP contribution >= 0.6 is 11.6 Å². The molecular formula is C39H50ClF3N8O5. The molecule has 0 aliphatic carbocycles. The van der Waals surface area contributed by atoms with Gasteiger partial charge in [-0.05, 0) is 55.2 Å².